The highest BCUT2D eigenvalue weighted by Crippen LogP contribution is 2.14. The molecule has 0 spiro atoms. The summed E-state index contributed by atoms with van der Waals surface area (Å²) in [6, 6.07) is 0. The van der Waals surface area contributed by atoms with Crippen LogP contribution in [-0.4, -0.2) is 40.0 Å². The molecule has 1 saturated heterocycles. The summed E-state index contributed by atoms with van der Waals surface area (Å²) in [6.07, 6.45) is 2.24. The van der Waals surface area contributed by atoms with Gasteiger partial charge >= 0.3 is 0 Å². The monoisotopic (exact) mass is 225 g/mol. The smallest absolute Gasteiger partial charge is 0.165 e. The van der Waals surface area contributed by atoms with E-state index in [0.29, 0.717) is 5.92 Å². The summed E-state index contributed by atoms with van der Waals surface area (Å²) in [5.41, 5.74) is 0. The van der Waals surface area contributed by atoms with E-state index >= 15 is 0 Å². The lowest BCUT2D eigenvalue weighted by molar-refractivity contribution is 0.181. The lowest BCUT2D eigenvalue weighted by atomic mass is 10.1. The summed E-state index contributed by atoms with van der Waals surface area (Å²) in [4.78, 5) is 0. The Labute approximate surface area is 95.4 Å². The van der Waals surface area contributed by atoms with Crippen molar-refractivity contribution in [3.63, 3.8) is 0 Å². The van der Waals surface area contributed by atoms with E-state index in [1.807, 2.05) is 4.68 Å². The lowest BCUT2D eigenvalue weighted by Gasteiger charge is -2.09. The molecule has 1 aliphatic rings. The van der Waals surface area contributed by atoms with Gasteiger partial charge in [-0.25, -0.2) is 4.68 Å². The molecule has 6 nitrogen and oxygen atoms in total. The van der Waals surface area contributed by atoms with Gasteiger partial charge in [0.05, 0.1) is 13.2 Å². The second-order valence-corrected chi connectivity index (χ2v) is 4.18. The maximum absolute atomic E-state index is 5.35. The van der Waals surface area contributed by atoms with Gasteiger partial charge in [-0.1, -0.05) is 6.92 Å². The fourth-order valence-electron chi connectivity index (χ4n) is 1.84. The molecule has 0 aliphatic carbocycles. The first kappa shape index (κ1) is 11.5. The van der Waals surface area contributed by atoms with E-state index in [-0.39, 0.29) is 0 Å². The van der Waals surface area contributed by atoms with Gasteiger partial charge in [-0.15, -0.1) is 5.10 Å². The molecule has 1 N–H and O–H groups in total. The molecule has 0 radical (unpaired) electrons. The van der Waals surface area contributed by atoms with E-state index in [1.165, 1.54) is 0 Å². The summed E-state index contributed by atoms with van der Waals surface area (Å²) in [5.74, 6) is 1.48. The number of rotatable bonds is 6. The maximum Gasteiger partial charge on any atom is 0.165 e. The second-order valence-electron chi connectivity index (χ2n) is 4.18. The van der Waals surface area contributed by atoms with Gasteiger partial charge in [-0.3, -0.25) is 0 Å². The van der Waals surface area contributed by atoms with Crippen LogP contribution in [0.2, 0.25) is 0 Å². The topological polar surface area (TPSA) is 64.9 Å². The zero-order valence-corrected chi connectivity index (χ0v) is 9.72. The minimum absolute atomic E-state index is 0.563. The molecular formula is C10H19N5O. The fourth-order valence-corrected chi connectivity index (χ4v) is 1.84. The molecule has 2 heterocycles. The van der Waals surface area contributed by atoms with Crippen LogP contribution >= 0.6 is 0 Å². The fraction of sp³-hybridized carbons (Fsp3) is 0.900. The second kappa shape index (κ2) is 5.91. The van der Waals surface area contributed by atoms with Crippen LogP contribution in [0.1, 0.15) is 25.6 Å². The average molecular weight is 225 g/mol. The number of nitrogens with zero attached hydrogens (tertiary/aromatic N) is 4. The highest BCUT2D eigenvalue weighted by atomic mass is 16.5. The summed E-state index contributed by atoms with van der Waals surface area (Å²) in [7, 11) is 0. The van der Waals surface area contributed by atoms with Gasteiger partial charge < -0.3 is 10.1 Å². The molecule has 0 bridgehead atoms. The quantitative estimate of drug-likeness (QED) is 0.701. The van der Waals surface area contributed by atoms with Crippen LogP contribution in [0.3, 0.4) is 0 Å². The molecule has 1 aromatic heterocycles. The molecule has 90 valence electrons. The summed E-state index contributed by atoms with van der Waals surface area (Å²) >= 11 is 0. The largest absolute Gasteiger partial charge is 0.381 e. The highest BCUT2D eigenvalue weighted by molar-refractivity contribution is 4.81. The van der Waals surface area contributed by atoms with Gasteiger partial charge in [0.25, 0.3) is 0 Å². The first-order valence-electron chi connectivity index (χ1n) is 5.93. The van der Waals surface area contributed by atoms with Gasteiger partial charge in [0, 0.05) is 19.1 Å². The van der Waals surface area contributed by atoms with Crippen LogP contribution in [0, 0.1) is 5.92 Å². The number of hydrogen-bond donors (Lipinski definition) is 1. The van der Waals surface area contributed by atoms with E-state index < -0.39 is 0 Å². The molecule has 0 amide bonds. The van der Waals surface area contributed by atoms with E-state index in [1.54, 1.807) is 0 Å². The van der Waals surface area contributed by atoms with Crippen LogP contribution in [0.25, 0.3) is 0 Å². The van der Waals surface area contributed by atoms with Crippen molar-refractivity contribution in [1.82, 2.24) is 25.5 Å². The molecule has 1 atom stereocenters. The molecule has 1 unspecified atom stereocenters. The first-order valence-corrected chi connectivity index (χ1v) is 5.93. The van der Waals surface area contributed by atoms with E-state index in [2.05, 4.69) is 27.8 Å². The van der Waals surface area contributed by atoms with Crippen molar-refractivity contribution < 1.29 is 4.74 Å². The van der Waals surface area contributed by atoms with Crippen molar-refractivity contribution in [2.75, 3.05) is 19.8 Å². The van der Waals surface area contributed by atoms with Crippen LogP contribution in [0.15, 0.2) is 0 Å². The maximum atomic E-state index is 5.35. The van der Waals surface area contributed by atoms with Crippen molar-refractivity contribution in [2.45, 2.75) is 32.9 Å². The van der Waals surface area contributed by atoms with Gasteiger partial charge in [0.2, 0.25) is 0 Å². The third-order valence-corrected chi connectivity index (χ3v) is 2.77. The van der Waals surface area contributed by atoms with Crippen molar-refractivity contribution in [2.24, 2.45) is 5.92 Å². The predicted octanol–water partition coefficient (Wildman–Crippen LogP) is 0.209. The van der Waals surface area contributed by atoms with Crippen molar-refractivity contribution in [1.29, 1.82) is 0 Å². The number of aromatic nitrogens is 4. The molecule has 1 fully saturated rings. The van der Waals surface area contributed by atoms with Crippen LogP contribution in [-0.2, 0) is 17.8 Å². The first-order chi connectivity index (χ1) is 7.90. The van der Waals surface area contributed by atoms with Crippen LogP contribution < -0.4 is 5.32 Å². The Balaban J connectivity index is 1.85. The minimum Gasteiger partial charge on any atom is -0.381 e. The Bertz CT molecular complexity index is 308. The third kappa shape index (κ3) is 2.99. The van der Waals surface area contributed by atoms with Crippen LogP contribution in [0.5, 0.6) is 0 Å². The van der Waals surface area contributed by atoms with Gasteiger partial charge in [-0.2, -0.15) is 0 Å². The summed E-state index contributed by atoms with van der Waals surface area (Å²) < 4.78 is 7.24. The van der Waals surface area contributed by atoms with Crippen molar-refractivity contribution in [3.05, 3.63) is 5.82 Å². The third-order valence-electron chi connectivity index (χ3n) is 2.77. The molecule has 6 heteroatoms. The van der Waals surface area contributed by atoms with Crippen molar-refractivity contribution in [3.8, 4) is 0 Å². The van der Waals surface area contributed by atoms with E-state index in [9.17, 15) is 0 Å². The Kier molecular flexibility index (Phi) is 4.24. The molecule has 1 aliphatic heterocycles. The predicted molar refractivity (Wildman–Crippen MR) is 58.7 cm³/mol. The normalized spacial score (nSPS) is 20.4. The van der Waals surface area contributed by atoms with Crippen LogP contribution in [0.4, 0.5) is 0 Å². The average Bonchev–Trinajstić information content (AvgIpc) is 2.92. The minimum atomic E-state index is 0.563. The Morgan fingerprint density at radius 2 is 2.50 bits per heavy atom. The molecule has 0 saturated carbocycles. The van der Waals surface area contributed by atoms with Gasteiger partial charge in [0.1, 0.15) is 0 Å². The molecular weight excluding hydrogens is 206 g/mol. The molecule has 0 aromatic carbocycles. The Morgan fingerprint density at radius 1 is 1.56 bits per heavy atom. The van der Waals surface area contributed by atoms with Crippen molar-refractivity contribution >= 4 is 0 Å². The zero-order valence-electron chi connectivity index (χ0n) is 9.72. The van der Waals surface area contributed by atoms with E-state index in [0.717, 1.165) is 51.5 Å². The number of tetrazole rings is 1. The number of nitrogens with one attached hydrogen (secondary N) is 1. The van der Waals surface area contributed by atoms with Gasteiger partial charge in [-0.05, 0) is 29.8 Å². The Morgan fingerprint density at radius 3 is 3.25 bits per heavy atom. The van der Waals surface area contributed by atoms with Gasteiger partial charge in [0.15, 0.2) is 5.82 Å². The number of hydrogen-bond acceptors (Lipinski definition) is 5. The zero-order chi connectivity index (χ0) is 11.2. The molecule has 1 aromatic rings. The summed E-state index contributed by atoms with van der Waals surface area (Å²) in [6.45, 7) is 6.47. The Hall–Kier alpha value is -1.01. The SMILES string of the molecule is CCCNCc1nnnn1CC1CCOC1. The molecule has 2 rings (SSSR count). The number of ether oxygens (including phenoxy) is 1. The highest BCUT2D eigenvalue weighted by Gasteiger charge is 2.18. The molecule has 16 heavy (non-hydrogen) atoms. The summed E-state index contributed by atoms with van der Waals surface area (Å²) in [5, 5.41) is 15.1. The standard InChI is InChI=1S/C10H19N5O/c1-2-4-11-6-10-12-13-14-15(10)7-9-3-5-16-8-9/h9,11H,2-8H2,1H3. The van der Waals surface area contributed by atoms with E-state index in [4.69, 9.17) is 4.74 Å². The lowest BCUT2D eigenvalue weighted by Crippen LogP contribution is -2.20.